The average Bonchev–Trinajstić information content (AvgIpc) is 2.49. The predicted octanol–water partition coefficient (Wildman–Crippen LogP) is 2.44. The second kappa shape index (κ2) is 4.18. The zero-order chi connectivity index (χ0) is 11.8. The monoisotopic (exact) mass is 240 g/mol. The average molecular weight is 240 g/mol. The van der Waals surface area contributed by atoms with E-state index in [1.54, 1.807) is 11.3 Å². The van der Waals surface area contributed by atoms with Gasteiger partial charge in [-0.2, -0.15) is 0 Å². The number of ether oxygens (including phenoxy) is 1. The maximum atomic E-state index is 10.8. The molecule has 0 spiro atoms. The van der Waals surface area contributed by atoms with E-state index >= 15 is 0 Å². The molecule has 1 saturated heterocycles. The van der Waals surface area contributed by atoms with Crippen LogP contribution in [0.4, 0.5) is 0 Å². The van der Waals surface area contributed by atoms with Crippen LogP contribution in [0.2, 0.25) is 0 Å². The van der Waals surface area contributed by atoms with Crippen molar-refractivity contribution in [1.82, 2.24) is 0 Å². The van der Waals surface area contributed by atoms with Gasteiger partial charge in [-0.1, -0.05) is 6.92 Å². The standard InChI is InChI=1S/C12H16O3S/c1-8-3-4-16-11(8)12(6-15-7-12)9(2)5-10(13)14/h3-4,9H,5-7H2,1-2H3,(H,13,14). The molecule has 0 bridgehead atoms. The van der Waals surface area contributed by atoms with Crippen LogP contribution in [-0.4, -0.2) is 24.3 Å². The zero-order valence-electron chi connectivity index (χ0n) is 9.53. The smallest absolute Gasteiger partial charge is 0.303 e. The lowest BCUT2D eigenvalue weighted by molar-refractivity contribution is -0.142. The lowest BCUT2D eigenvalue weighted by Gasteiger charge is -2.45. The molecule has 2 rings (SSSR count). The van der Waals surface area contributed by atoms with Crippen molar-refractivity contribution in [1.29, 1.82) is 0 Å². The predicted molar refractivity (Wildman–Crippen MR) is 63.0 cm³/mol. The molecule has 1 atom stereocenters. The van der Waals surface area contributed by atoms with Crippen LogP contribution in [0.5, 0.6) is 0 Å². The Labute approximate surface area is 99.1 Å². The molecule has 1 aromatic rings. The molecule has 4 heteroatoms. The third-order valence-electron chi connectivity index (χ3n) is 3.46. The second-order valence-electron chi connectivity index (χ2n) is 4.58. The molecule has 0 aromatic carbocycles. The van der Waals surface area contributed by atoms with Gasteiger partial charge in [0.2, 0.25) is 0 Å². The molecule has 0 amide bonds. The first-order chi connectivity index (χ1) is 7.56. The van der Waals surface area contributed by atoms with Gasteiger partial charge >= 0.3 is 5.97 Å². The number of carboxylic acids is 1. The van der Waals surface area contributed by atoms with Crippen molar-refractivity contribution in [3.05, 3.63) is 21.9 Å². The molecular weight excluding hydrogens is 224 g/mol. The zero-order valence-corrected chi connectivity index (χ0v) is 10.3. The van der Waals surface area contributed by atoms with Crippen molar-refractivity contribution in [2.24, 2.45) is 5.92 Å². The van der Waals surface area contributed by atoms with E-state index in [1.807, 2.05) is 6.92 Å². The van der Waals surface area contributed by atoms with Crippen LogP contribution >= 0.6 is 11.3 Å². The van der Waals surface area contributed by atoms with E-state index in [-0.39, 0.29) is 17.8 Å². The van der Waals surface area contributed by atoms with Crippen molar-refractivity contribution < 1.29 is 14.6 Å². The van der Waals surface area contributed by atoms with E-state index in [0.29, 0.717) is 13.2 Å². The Morgan fingerprint density at radius 3 is 2.75 bits per heavy atom. The van der Waals surface area contributed by atoms with Crippen LogP contribution in [0, 0.1) is 12.8 Å². The van der Waals surface area contributed by atoms with Crippen molar-refractivity contribution in [2.45, 2.75) is 25.7 Å². The van der Waals surface area contributed by atoms with Crippen molar-refractivity contribution in [3.8, 4) is 0 Å². The normalized spacial score (nSPS) is 20.1. The molecule has 2 heterocycles. The molecule has 88 valence electrons. The summed E-state index contributed by atoms with van der Waals surface area (Å²) in [5, 5.41) is 11.0. The minimum absolute atomic E-state index is 0.0589. The van der Waals surface area contributed by atoms with Gasteiger partial charge < -0.3 is 9.84 Å². The Balaban J connectivity index is 2.26. The van der Waals surface area contributed by atoms with Crippen LogP contribution in [0.25, 0.3) is 0 Å². The molecule has 3 nitrogen and oxygen atoms in total. The van der Waals surface area contributed by atoms with Gasteiger partial charge in [-0.3, -0.25) is 4.79 Å². The number of carbonyl (C=O) groups is 1. The SMILES string of the molecule is Cc1ccsc1C1(C(C)CC(=O)O)COC1. The fourth-order valence-electron chi connectivity index (χ4n) is 2.30. The third kappa shape index (κ3) is 1.76. The first-order valence-corrected chi connectivity index (χ1v) is 6.28. The van der Waals surface area contributed by atoms with E-state index in [1.165, 1.54) is 10.4 Å². The maximum Gasteiger partial charge on any atom is 0.303 e. The van der Waals surface area contributed by atoms with Gasteiger partial charge in [-0.05, 0) is 29.9 Å². The van der Waals surface area contributed by atoms with Gasteiger partial charge in [0.1, 0.15) is 0 Å². The minimum atomic E-state index is -0.729. The summed E-state index contributed by atoms with van der Waals surface area (Å²) in [5.74, 6) is -0.607. The highest BCUT2D eigenvalue weighted by atomic mass is 32.1. The van der Waals surface area contributed by atoms with E-state index in [0.717, 1.165) is 0 Å². The molecule has 1 fully saturated rings. The summed E-state index contributed by atoms with van der Waals surface area (Å²) < 4.78 is 5.33. The van der Waals surface area contributed by atoms with Gasteiger partial charge in [-0.15, -0.1) is 11.3 Å². The summed E-state index contributed by atoms with van der Waals surface area (Å²) in [6.45, 7) is 5.40. The number of rotatable bonds is 4. The third-order valence-corrected chi connectivity index (χ3v) is 4.69. The molecule has 1 aliphatic heterocycles. The van der Waals surface area contributed by atoms with Gasteiger partial charge in [0, 0.05) is 11.3 Å². The van der Waals surface area contributed by atoms with Crippen LogP contribution in [0.3, 0.4) is 0 Å². The molecule has 1 N–H and O–H groups in total. The van der Waals surface area contributed by atoms with E-state index in [9.17, 15) is 4.79 Å². The summed E-state index contributed by atoms with van der Waals surface area (Å²) in [6, 6.07) is 2.09. The minimum Gasteiger partial charge on any atom is -0.481 e. The number of hydrogen-bond acceptors (Lipinski definition) is 3. The Morgan fingerprint density at radius 1 is 1.69 bits per heavy atom. The Hall–Kier alpha value is -0.870. The van der Waals surface area contributed by atoms with Crippen LogP contribution < -0.4 is 0 Å². The van der Waals surface area contributed by atoms with Crippen molar-refractivity contribution >= 4 is 17.3 Å². The fraction of sp³-hybridized carbons (Fsp3) is 0.583. The first-order valence-electron chi connectivity index (χ1n) is 5.40. The van der Waals surface area contributed by atoms with E-state index in [4.69, 9.17) is 9.84 Å². The molecule has 1 unspecified atom stereocenters. The van der Waals surface area contributed by atoms with Crippen LogP contribution in [0.1, 0.15) is 23.8 Å². The number of aryl methyl sites for hydroxylation is 1. The topological polar surface area (TPSA) is 46.5 Å². The number of thiophene rings is 1. The Morgan fingerprint density at radius 2 is 2.38 bits per heavy atom. The molecule has 0 radical (unpaired) electrons. The molecule has 16 heavy (non-hydrogen) atoms. The van der Waals surface area contributed by atoms with Crippen molar-refractivity contribution in [2.75, 3.05) is 13.2 Å². The van der Waals surface area contributed by atoms with E-state index in [2.05, 4.69) is 18.4 Å². The fourth-order valence-corrected chi connectivity index (χ4v) is 3.52. The molecule has 1 aliphatic rings. The first kappa shape index (κ1) is 11.6. The van der Waals surface area contributed by atoms with Crippen molar-refractivity contribution in [3.63, 3.8) is 0 Å². The van der Waals surface area contributed by atoms with Gasteiger partial charge in [0.05, 0.1) is 18.6 Å². The van der Waals surface area contributed by atoms with Crippen LogP contribution in [-0.2, 0) is 14.9 Å². The molecule has 0 saturated carbocycles. The Kier molecular flexibility index (Phi) is 3.04. The lowest BCUT2D eigenvalue weighted by atomic mass is 9.71. The molecular formula is C12H16O3S. The summed E-state index contributed by atoms with van der Waals surface area (Å²) in [7, 11) is 0. The number of aliphatic carboxylic acids is 1. The van der Waals surface area contributed by atoms with E-state index < -0.39 is 5.97 Å². The number of carboxylic acid groups (broad SMARTS) is 1. The van der Waals surface area contributed by atoms with Gasteiger partial charge in [0.15, 0.2) is 0 Å². The summed E-state index contributed by atoms with van der Waals surface area (Å²) in [6.07, 6.45) is 0.209. The molecule has 0 aliphatic carbocycles. The lowest BCUT2D eigenvalue weighted by Crippen LogP contribution is -2.51. The van der Waals surface area contributed by atoms with Crippen LogP contribution in [0.15, 0.2) is 11.4 Å². The quantitative estimate of drug-likeness (QED) is 0.879. The highest BCUT2D eigenvalue weighted by Gasteiger charge is 2.47. The highest BCUT2D eigenvalue weighted by molar-refractivity contribution is 7.10. The highest BCUT2D eigenvalue weighted by Crippen LogP contribution is 2.44. The van der Waals surface area contributed by atoms with Gasteiger partial charge in [-0.25, -0.2) is 0 Å². The summed E-state index contributed by atoms with van der Waals surface area (Å²) >= 11 is 1.71. The maximum absolute atomic E-state index is 10.8. The largest absolute Gasteiger partial charge is 0.481 e. The summed E-state index contributed by atoms with van der Waals surface area (Å²) in [5.41, 5.74) is 1.20. The Bertz CT molecular complexity index is 393. The number of hydrogen-bond donors (Lipinski definition) is 1. The summed E-state index contributed by atoms with van der Waals surface area (Å²) in [4.78, 5) is 12.1. The van der Waals surface area contributed by atoms with Gasteiger partial charge in [0.25, 0.3) is 0 Å². The molecule has 1 aromatic heterocycles. The second-order valence-corrected chi connectivity index (χ2v) is 5.50.